The molecule has 0 spiro atoms. The summed E-state index contributed by atoms with van der Waals surface area (Å²) in [5.74, 6) is 0.834. The van der Waals surface area contributed by atoms with Crippen LogP contribution in [-0.4, -0.2) is 29.9 Å². The monoisotopic (exact) mass is 290 g/mol. The molecule has 114 valence electrons. The quantitative estimate of drug-likeness (QED) is 0.797. The highest BCUT2D eigenvalue weighted by atomic mass is 16.5. The molecule has 1 saturated carbocycles. The first kappa shape index (κ1) is 14.2. The molecule has 0 radical (unpaired) electrons. The van der Waals surface area contributed by atoms with Crippen molar-refractivity contribution in [1.29, 1.82) is 0 Å². The third-order valence-electron chi connectivity index (χ3n) is 4.36. The predicted molar refractivity (Wildman–Crippen MR) is 79.4 cm³/mol. The maximum Gasteiger partial charge on any atom is 0.315 e. The maximum atomic E-state index is 12.0. The van der Waals surface area contributed by atoms with E-state index in [1.807, 2.05) is 25.1 Å². The van der Waals surface area contributed by atoms with Crippen LogP contribution in [-0.2, 0) is 0 Å². The molecule has 1 fully saturated rings. The molecule has 2 amide bonds. The van der Waals surface area contributed by atoms with Crippen LogP contribution in [0.2, 0.25) is 0 Å². The number of aryl methyl sites for hydroxylation is 1. The summed E-state index contributed by atoms with van der Waals surface area (Å²) in [6.07, 6.45) is 3.59. The number of ether oxygens (including phenoxy) is 1. The Labute approximate surface area is 124 Å². The lowest BCUT2D eigenvalue weighted by atomic mass is 10.0. The summed E-state index contributed by atoms with van der Waals surface area (Å²) < 4.78 is 5.57. The number of amides is 2. The van der Waals surface area contributed by atoms with Crippen LogP contribution in [0.15, 0.2) is 18.2 Å². The zero-order chi connectivity index (χ0) is 14.9. The van der Waals surface area contributed by atoms with Crippen molar-refractivity contribution in [3.63, 3.8) is 0 Å². The van der Waals surface area contributed by atoms with Gasteiger partial charge in [0.1, 0.15) is 12.4 Å². The lowest BCUT2D eigenvalue weighted by Crippen LogP contribution is -2.46. The van der Waals surface area contributed by atoms with Crippen molar-refractivity contribution in [2.75, 3.05) is 13.2 Å². The first-order valence-electron chi connectivity index (χ1n) is 7.56. The van der Waals surface area contributed by atoms with Crippen molar-refractivity contribution < 1.29 is 14.6 Å². The summed E-state index contributed by atoms with van der Waals surface area (Å²) in [5.41, 5.74) is 1.44. The van der Waals surface area contributed by atoms with Crippen LogP contribution < -0.4 is 15.4 Å². The lowest BCUT2D eigenvalue weighted by molar-refractivity contribution is 0.0500. The largest absolute Gasteiger partial charge is 0.491 e. The van der Waals surface area contributed by atoms with Crippen LogP contribution in [0.3, 0.4) is 0 Å². The van der Waals surface area contributed by atoms with Gasteiger partial charge in [0.05, 0.1) is 11.6 Å². The zero-order valence-corrected chi connectivity index (χ0v) is 12.3. The summed E-state index contributed by atoms with van der Waals surface area (Å²) in [7, 11) is 0. The smallest absolute Gasteiger partial charge is 0.315 e. The Morgan fingerprint density at radius 1 is 1.43 bits per heavy atom. The average Bonchev–Trinajstić information content (AvgIpc) is 3.05. The molecule has 5 heteroatoms. The number of urea groups is 1. The molecule has 1 unspecified atom stereocenters. The van der Waals surface area contributed by atoms with E-state index in [0.717, 1.165) is 42.6 Å². The molecule has 1 aliphatic heterocycles. The highest BCUT2D eigenvalue weighted by Crippen LogP contribution is 2.33. The minimum Gasteiger partial charge on any atom is -0.491 e. The predicted octanol–water partition coefficient (Wildman–Crippen LogP) is 2.03. The van der Waals surface area contributed by atoms with Crippen molar-refractivity contribution >= 4 is 6.03 Å². The molecular formula is C16H22N2O3. The van der Waals surface area contributed by atoms with Crippen molar-refractivity contribution in [2.45, 2.75) is 44.2 Å². The van der Waals surface area contributed by atoms with Gasteiger partial charge in [-0.2, -0.15) is 0 Å². The fourth-order valence-electron chi connectivity index (χ4n) is 3.12. The third-order valence-corrected chi connectivity index (χ3v) is 4.36. The van der Waals surface area contributed by atoms with E-state index in [9.17, 15) is 9.90 Å². The highest BCUT2D eigenvalue weighted by Gasteiger charge is 2.32. The molecule has 1 atom stereocenters. The molecule has 1 aromatic carbocycles. The SMILES string of the molecule is Cc1ccc2c(c1)C(NC(=O)NCC1(O)CCCC1)CO2. The standard InChI is InChI=1S/C16H22N2O3/c1-11-4-5-14-12(8-11)13(9-21-14)18-15(19)17-10-16(20)6-2-3-7-16/h4-5,8,13,20H,2-3,6-7,9-10H2,1H3,(H2,17,18,19). The summed E-state index contributed by atoms with van der Waals surface area (Å²) in [5, 5.41) is 15.9. The molecule has 3 N–H and O–H groups in total. The van der Waals surface area contributed by atoms with Gasteiger partial charge in [0.15, 0.2) is 0 Å². The molecule has 0 saturated heterocycles. The molecule has 1 aromatic rings. The summed E-state index contributed by atoms with van der Waals surface area (Å²) >= 11 is 0. The van der Waals surface area contributed by atoms with Crippen molar-refractivity contribution in [3.8, 4) is 5.75 Å². The van der Waals surface area contributed by atoms with Crippen molar-refractivity contribution in [1.82, 2.24) is 10.6 Å². The number of rotatable bonds is 3. The number of fused-ring (bicyclic) bond motifs is 1. The second kappa shape index (κ2) is 5.56. The first-order valence-corrected chi connectivity index (χ1v) is 7.56. The van der Waals surface area contributed by atoms with Gasteiger partial charge in [-0.05, 0) is 25.8 Å². The Kier molecular flexibility index (Phi) is 3.76. The van der Waals surface area contributed by atoms with Gasteiger partial charge in [-0.3, -0.25) is 0 Å². The van der Waals surface area contributed by atoms with Crippen LogP contribution >= 0.6 is 0 Å². The number of nitrogens with one attached hydrogen (secondary N) is 2. The number of benzene rings is 1. The third kappa shape index (κ3) is 3.13. The van der Waals surface area contributed by atoms with Gasteiger partial charge in [0, 0.05) is 12.1 Å². The van der Waals surface area contributed by atoms with E-state index in [4.69, 9.17) is 4.74 Å². The minimum absolute atomic E-state index is 0.127. The Balaban J connectivity index is 1.56. The molecule has 1 heterocycles. The van der Waals surface area contributed by atoms with Gasteiger partial charge in [0.25, 0.3) is 0 Å². The fourth-order valence-corrected chi connectivity index (χ4v) is 3.12. The van der Waals surface area contributed by atoms with Gasteiger partial charge in [0.2, 0.25) is 0 Å². The Hall–Kier alpha value is -1.75. The minimum atomic E-state index is -0.724. The Morgan fingerprint density at radius 3 is 2.95 bits per heavy atom. The van der Waals surface area contributed by atoms with E-state index >= 15 is 0 Å². The molecule has 1 aliphatic carbocycles. The number of hydrogen-bond acceptors (Lipinski definition) is 3. The van der Waals surface area contributed by atoms with E-state index < -0.39 is 5.60 Å². The molecule has 21 heavy (non-hydrogen) atoms. The normalized spacial score (nSPS) is 22.5. The number of aliphatic hydroxyl groups is 1. The zero-order valence-electron chi connectivity index (χ0n) is 12.3. The first-order chi connectivity index (χ1) is 10.1. The van der Waals surface area contributed by atoms with Gasteiger partial charge >= 0.3 is 6.03 Å². The van der Waals surface area contributed by atoms with E-state index in [2.05, 4.69) is 10.6 Å². The Bertz CT molecular complexity index is 538. The molecule has 5 nitrogen and oxygen atoms in total. The molecule has 3 rings (SSSR count). The topological polar surface area (TPSA) is 70.6 Å². The lowest BCUT2D eigenvalue weighted by Gasteiger charge is -2.23. The van der Waals surface area contributed by atoms with Crippen LogP contribution in [0, 0.1) is 6.92 Å². The van der Waals surface area contributed by atoms with Crippen LogP contribution in [0.5, 0.6) is 5.75 Å². The van der Waals surface area contributed by atoms with Gasteiger partial charge in [-0.25, -0.2) is 4.79 Å². The van der Waals surface area contributed by atoms with E-state index in [1.54, 1.807) is 0 Å². The van der Waals surface area contributed by atoms with E-state index in [1.165, 1.54) is 0 Å². The number of carbonyl (C=O) groups excluding carboxylic acids is 1. The van der Waals surface area contributed by atoms with Crippen LogP contribution in [0.25, 0.3) is 0 Å². The van der Waals surface area contributed by atoms with E-state index in [0.29, 0.717) is 13.2 Å². The fraction of sp³-hybridized carbons (Fsp3) is 0.562. The maximum absolute atomic E-state index is 12.0. The number of carbonyl (C=O) groups is 1. The summed E-state index contributed by atoms with van der Waals surface area (Å²) in [6.45, 7) is 2.79. The highest BCUT2D eigenvalue weighted by molar-refractivity contribution is 5.75. The van der Waals surface area contributed by atoms with Crippen molar-refractivity contribution in [2.24, 2.45) is 0 Å². The van der Waals surface area contributed by atoms with Crippen LogP contribution in [0.4, 0.5) is 4.79 Å². The second-order valence-corrected chi connectivity index (χ2v) is 6.16. The molecule has 0 bridgehead atoms. The van der Waals surface area contributed by atoms with Gasteiger partial charge in [-0.15, -0.1) is 0 Å². The molecule has 2 aliphatic rings. The van der Waals surface area contributed by atoms with Gasteiger partial charge in [-0.1, -0.05) is 30.5 Å². The van der Waals surface area contributed by atoms with E-state index in [-0.39, 0.29) is 12.1 Å². The van der Waals surface area contributed by atoms with Crippen molar-refractivity contribution in [3.05, 3.63) is 29.3 Å². The average molecular weight is 290 g/mol. The second-order valence-electron chi connectivity index (χ2n) is 6.16. The molecule has 0 aromatic heterocycles. The summed E-state index contributed by atoms with van der Waals surface area (Å²) in [6, 6.07) is 5.59. The van der Waals surface area contributed by atoms with Crippen LogP contribution in [0.1, 0.15) is 42.9 Å². The number of hydrogen-bond donors (Lipinski definition) is 3. The van der Waals surface area contributed by atoms with Gasteiger partial charge < -0.3 is 20.5 Å². The summed E-state index contributed by atoms with van der Waals surface area (Å²) in [4.78, 5) is 12.0. The Morgan fingerprint density at radius 2 is 2.19 bits per heavy atom. The molecular weight excluding hydrogens is 268 g/mol.